The van der Waals surface area contributed by atoms with Gasteiger partial charge in [0, 0.05) is 6.04 Å². The van der Waals surface area contributed by atoms with Crippen LogP contribution >= 0.6 is 0 Å². The first-order valence-electron chi connectivity index (χ1n) is 5.29. The lowest BCUT2D eigenvalue weighted by Crippen LogP contribution is -2.36. The normalized spacial score (nSPS) is 9.94. The van der Waals surface area contributed by atoms with E-state index in [-0.39, 0.29) is 11.9 Å². The topological polar surface area (TPSA) is 20.3 Å². The summed E-state index contributed by atoms with van der Waals surface area (Å²) in [5.74, 6) is -0.0932. The van der Waals surface area contributed by atoms with Gasteiger partial charge in [0.15, 0.2) is 0 Å². The molecular weight excluding hydrogens is 198 g/mol. The number of amides is 1. The van der Waals surface area contributed by atoms with Crippen LogP contribution in [-0.4, -0.2) is 11.9 Å². The Morgan fingerprint density at radius 2 is 1.94 bits per heavy atom. The van der Waals surface area contributed by atoms with Crippen molar-refractivity contribution in [3.63, 3.8) is 0 Å². The molecule has 2 heteroatoms. The van der Waals surface area contributed by atoms with Crippen LogP contribution < -0.4 is 4.90 Å². The van der Waals surface area contributed by atoms with E-state index in [9.17, 15) is 4.79 Å². The van der Waals surface area contributed by atoms with Gasteiger partial charge in [-0.15, -0.1) is 0 Å². The maximum atomic E-state index is 11.8. The van der Waals surface area contributed by atoms with Gasteiger partial charge in [-0.25, -0.2) is 0 Å². The molecule has 0 spiro atoms. The van der Waals surface area contributed by atoms with Crippen LogP contribution in [0.3, 0.4) is 0 Å². The van der Waals surface area contributed by atoms with Crippen molar-refractivity contribution < 1.29 is 4.79 Å². The van der Waals surface area contributed by atoms with Gasteiger partial charge in [0.2, 0.25) is 0 Å². The van der Waals surface area contributed by atoms with Crippen LogP contribution in [0.2, 0.25) is 0 Å². The lowest BCUT2D eigenvalue weighted by atomic mass is 10.1. The number of carbonyl (C=O) groups is 1. The zero-order valence-electron chi connectivity index (χ0n) is 9.81. The molecule has 2 nitrogen and oxygen atoms in total. The highest BCUT2D eigenvalue weighted by molar-refractivity contribution is 6.02. The number of benzene rings is 1. The van der Waals surface area contributed by atoms with Gasteiger partial charge in [0.25, 0.3) is 5.91 Å². The van der Waals surface area contributed by atoms with Crippen LogP contribution in [0.15, 0.2) is 43.5 Å². The minimum absolute atomic E-state index is 0.0894. The lowest BCUT2D eigenvalue weighted by molar-refractivity contribution is -0.114. The van der Waals surface area contributed by atoms with Gasteiger partial charge >= 0.3 is 0 Å². The van der Waals surface area contributed by atoms with Gasteiger partial charge in [-0.2, -0.15) is 0 Å². The van der Waals surface area contributed by atoms with Crippen molar-refractivity contribution in [2.45, 2.75) is 19.9 Å². The Kier molecular flexibility index (Phi) is 4.06. The standard InChI is InChI=1S/C14H17NO/c1-5-12-9-7-8-10-13(12)15(11(3)4)14(16)6-2/h5-11H,1-2H2,3-4H3. The monoisotopic (exact) mass is 215 g/mol. The summed E-state index contributed by atoms with van der Waals surface area (Å²) < 4.78 is 0. The van der Waals surface area contributed by atoms with Crippen molar-refractivity contribution in [2.75, 3.05) is 4.90 Å². The average molecular weight is 215 g/mol. The molecule has 1 rings (SSSR count). The third-order valence-corrected chi connectivity index (χ3v) is 2.34. The van der Waals surface area contributed by atoms with Crippen molar-refractivity contribution in [3.8, 4) is 0 Å². The second-order valence-electron chi connectivity index (χ2n) is 3.77. The Labute approximate surface area is 96.9 Å². The first-order chi connectivity index (χ1) is 7.61. The third-order valence-electron chi connectivity index (χ3n) is 2.34. The summed E-state index contributed by atoms with van der Waals surface area (Å²) in [5.41, 5.74) is 1.82. The summed E-state index contributed by atoms with van der Waals surface area (Å²) in [6.07, 6.45) is 3.08. The maximum Gasteiger partial charge on any atom is 0.250 e. The maximum absolute atomic E-state index is 11.8. The molecule has 0 fully saturated rings. The molecule has 0 saturated heterocycles. The Morgan fingerprint density at radius 1 is 1.31 bits per heavy atom. The molecule has 0 N–H and O–H groups in total. The molecule has 0 saturated carbocycles. The van der Waals surface area contributed by atoms with E-state index in [1.807, 2.05) is 38.1 Å². The lowest BCUT2D eigenvalue weighted by Gasteiger charge is -2.27. The number of hydrogen-bond donors (Lipinski definition) is 0. The van der Waals surface area contributed by atoms with Crippen molar-refractivity contribution in [1.29, 1.82) is 0 Å². The molecule has 16 heavy (non-hydrogen) atoms. The van der Waals surface area contributed by atoms with E-state index in [1.165, 1.54) is 6.08 Å². The quantitative estimate of drug-likeness (QED) is 0.706. The molecule has 0 aliphatic carbocycles. The van der Waals surface area contributed by atoms with Crippen LogP contribution in [0.25, 0.3) is 6.08 Å². The number of nitrogens with zero attached hydrogens (tertiary/aromatic N) is 1. The summed E-state index contributed by atoms with van der Waals surface area (Å²) in [4.78, 5) is 13.5. The second-order valence-corrected chi connectivity index (χ2v) is 3.77. The molecule has 1 amide bonds. The summed E-state index contributed by atoms with van der Waals surface area (Å²) in [6, 6.07) is 7.78. The smallest absolute Gasteiger partial charge is 0.250 e. The predicted molar refractivity (Wildman–Crippen MR) is 69.4 cm³/mol. The number of rotatable bonds is 4. The second kappa shape index (κ2) is 5.31. The molecule has 0 bridgehead atoms. The number of anilines is 1. The van der Waals surface area contributed by atoms with E-state index in [4.69, 9.17) is 0 Å². The van der Waals surface area contributed by atoms with E-state index in [0.29, 0.717) is 0 Å². The van der Waals surface area contributed by atoms with Gasteiger partial charge < -0.3 is 4.90 Å². The predicted octanol–water partition coefficient (Wildman–Crippen LogP) is 3.26. The molecule has 0 aromatic heterocycles. The highest BCUT2D eigenvalue weighted by Gasteiger charge is 2.17. The SMILES string of the molecule is C=CC(=O)N(c1ccccc1C=C)C(C)C. The summed E-state index contributed by atoms with van der Waals surface area (Å²) >= 11 is 0. The molecule has 0 aliphatic heterocycles. The fourth-order valence-electron chi connectivity index (χ4n) is 1.63. The molecule has 0 radical (unpaired) electrons. The number of carbonyl (C=O) groups excluding carboxylic acids is 1. The van der Waals surface area contributed by atoms with Crippen molar-refractivity contribution in [1.82, 2.24) is 0 Å². The highest BCUT2D eigenvalue weighted by Crippen LogP contribution is 2.23. The van der Waals surface area contributed by atoms with Crippen LogP contribution in [0.1, 0.15) is 19.4 Å². The molecule has 0 atom stereocenters. The highest BCUT2D eigenvalue weighted by atomic mass is 16.2. The summed E-state index contributed by atoms with van der Waals surface area (Å²) in [5, 5.41) is 0. The van der Waals surface area contributed by atoms with Gasteiger partial charge in [-0.05, 0) is 31.6 Å². The Hall–Kier alpha value is -1.83. The van der Waals surface area contributed by atoms with Crippen molar-refractivity contribution in [3.05, 3.63) is 49.1 Å². The van der Waals surface area contributed by atoms with Gasteiger partial charge in [0.1, 0.15) is 0 Å². The minimum atomic E-state index is -0.0932. The summed E-state index contributed by atoms with van der Waals surface area (Å²) in [6.45, 7) is 11.2. The molecule has 1 aromatic rings. The van der Waals surface area contributed by atoms with E-state index in [2.05, 4.69) is 13.2 Å². The van der Waals surface area contributed by atoms with Crippen molar-refractivity contribution >= 4 is 17.7 Å². The summed E-state index contributed by atoms with van der Waals surface area (Å²) in [7, 11) is 0. The van der Waals surface area contributed by atoms with Gasteiger partial charge in [-0.3, -0.25) is 4.79 Å². The zero-order chi connectivity index (χ0) is 12.1. The van der Waals surface area contributed by atoms with Gasteiger partial charge in [-0.1, -0.05) is 37.4 Å². The largest absolute Gasteiger partial charge is 0.306 e. The Balaban J connectivity index is 3.25. The van der Waals surface area contributed by atoms with E-state index >= 15 is 0 Å². The molecule has 0 unspecified atom stereocenters. The molecule has 84 valence electrons. The Morgan fingerprint density at radius 3 is 2.44 bits per heavy atom. The zero-order valence-corrected chi connectivity index (χ0v) is 9.81. The Bertz CT molecular complexity index is 407. The van der Waals surface area contributed by atoms with Crippen LogP contribution in [0, 0.1) is 0 Å². The van der Waals surface area contributed by atoms with Crippen LogP contribution in [0.5, 0.6) is 0 Å². The fraction of sp³-hybridized carbons (Fsp3) is 0.214. The first-order valence-corrected chi connectivity index (χ1v) is 5.29. The fourth-order valence-corrected chi connectivity index (χ4v) is 1.63. The van der Waals surface area contributed by atoms with Crippen molar-refractivity contribution in [2.24, 2.45) is 0 Å². The minimum Gasteiger partial charge on any atom is -0.306 e. The molecule has 1 aromatic carbocycles. The molecule has 0 aliphatic rings. The molecular formula is C14H17NO. The van der Waals surface area contributed by atoms with Gasteiger partial charge in [0.05, 0.1) is 5.69 Å². The first kappa shape index (κ1) is 12.2. The van der Waals surface area contributed by atoms with E-state index in [1.54, 1.807) is 11.0 Å². The van der Waals surface area contributed by atoms with Crippen LogP contribution in [-0.2, 0) is 4.79 Å². The molecule has 0 heterocycles. The average Bonchev–Trinajstić information content (AvgIpc) is 2.29. The number of hydrogen-bond acceptors (Lipinski definition) is 1. The van der Waals surface area contributed by atoms with E-state index in [0.717, 1.165) is 11.3 Å². The number of para-hydroxylation sites is 1. The third kappa shape index (κ3) is 2.40. The van der Waals surface area contributed by atoms with Crippen LogP contribution in [0.4, 0.5) is 5.69 Å². The van der Waals surface area contributed by atoms with E-state index < -0.39 is 0 Å².